The molecule has 0 saturated carbocycles. The minimum absolute atomic E-state index is 0.0100. The van der Waals surface area contributed by atoms with Gasteiger partial charge in [-0.15, -0.1) is 0 Å². The van der Waals surface area contributed by atoms with Crippen molar-refractivity contribution in [3.63, 3.8) is 0 Å². The first-order valence-corrected chi connectivity index (χ1v) is 6.55. The Bertz CT molecular complexity index is 354. The molecule has 2 atom stereocenters. The molecule has 0 aromatic heterocycles. The molecular weight excluding hydrogens is 232 g/mol. The summed E-state index contributed by atoms with van der Waals surface area (Å²) < 4.78 is 0. The number of nitrogens with one attached hydrogen (secondary N) is 1. The number of urea groups is 1. The third kappa shape index (κ3) is 2.05. The van der Waals surface area contributed by atoms with Crippen molar-refractivity contribution in [2.75, 3.05) is 32.7 Å². The number of hydrogen-bond acceptors (Lipinski definition) is 3. The van der Waals surface area contributed by atoms with Crippen LogP contribution in [-0.2, 0) is 4.79 Å². The Kier molecular flexibility index (Phi) is 3.47. The van der Waals surface area contributed by atoms with Gasteiger partial charge in [0.15, 0.2) is 0 Å². The Morgan fingerprint density at radius 2 is 2.28 bits per heavy atom. The van der Waals surface area contributed by atoms with E-state index >= 15 is 0 Å². The zero-order chi connectivity index (χ0) is 13.3. The van der Waals surface area contributed by atoms with Gasteiger partial charge in [0.2, 0.25) is 5.91 Å². The van der Waals surface area contributed by atoms with Crippen LogP contribution < -0.4 is 11.1 Å². The van der Waals surface area contributed by atoms with Gasteiger partial charge in [0.1, 0.15) is 0 Å². The smallest absolute Gasteiger partial charge is 0.317 e. The molecule has 0 aromatic carbocycles. The first-order chi connectivity index (χ1) is 8.51. The third-order valence-electron chi connectivity index (χ3n) is 4.27. The molecule has 3 N–H and O–H groups in total. The highest BCUT2D eigenvalue weighted by molar-refractivity contribution is 5.83. The Morgan fingerprint density at radius 3 is 2.89 bits per heavy atom. The van der Waals surface area contributed by atoms with Crippen LogP contribution in [0.3, 0.4) is 0 Å². The summed E-state index contributed by atoms with van der Waals surface area (Å²) >= 11 is 0. The van der Waals surface area contributed by atoms with E-state index in [-0.39, 0.29) is 18.0 Å². The maximum atomic E-state index is 12.5. The first kappa shape index (κ1) is 13.1. The van der Waals surface area contributed by atoms with E-state index < -0.39 is 5.41 Å². The highest BCUT2D eigenvalue weighted by atomic mass is 16.2. The summed E-state index contributed by atoms with van der Waals surface area (Å²) in [6.07, 6.45) is 0.740. The number of rotatable bonds is 3. The van der Waals surface area contributed by atoms with E-state index in [1.165, 1.54) is 0 Å². The second-order valence-electron chi connectivity index (χ2n) is 5.40. The lowest BCUT2D eigenvalue weighted by molar-refractivity contribution is -0.143. The standard InChI is InChI=1S/C12H22N4O2/c1-3-12(2,8-13)10(17)15-4-5-16-9(7-15)6-14-11(16)18/h9H,3-8,13H2,1-2H3,(H,14,18). The Hall–Kier alpha value is -1.30. The van der Waals surface area contributed by atoms with Crippen LogP contribution in [0.25, 0.3) is 0 Å². The van der Waals surface area contributed by atoms with Crippen LogP contribution in [0.15, 0.2) is 0 Å². The molecule has 2 heterocycles. The molecule has 0 aliphatic carbocycles. The SMILES string of the molecule is CCC(C)(CN)C(=O)N1CCN2C(=O)NCC2C1. The monoisotopic (exact) mass is 254 g/mol. The molecule has 0 spiro atoms. The van der Waals surface area contributed by atoms with Crippen molar-refractivity contribution in [1.82, 2.24) is 15.1 Å². The zero-order valence-corrected chi connectivity index (χ0v) is 11.1. The van der Waals surface area contributed by atoms with Crippen LogP contribution in [-0.4, -0.2) is 60.5 Å². The average molecular weight is 254 g/mol. The molecule has 0 bridgehead atoms. The molecule has 2 unspecified atom stereocenters. The van der Waals surface area contributed by atoms with Gasteiger partial charge in [-0.05, 0) is 13.3 Å². The normalized spacial score (nSPS) is 26.6. The van der Waals surface area contributed by atoms with Gasteiger partial charge in [-0.25, -0.2) is 4.79 Å². The van der Waals surface area contributed by atoms with E-state index in [1.807, 2.05) is 23.6 Å². The maximum Gasteiger partial charge on any atom is 0.317 e. The molecule has 0 radical (unpaired) electrons. The van der Waals surface area contributed by atoms with Gasteiger partial charge in [0, 0.05) is 32.7 Å². The van der Waals surface area contributed by atoms with Crippen molar-refractivity contribution in [3.8, 4) is 0 Å². The first-order valence-electron chi connectivity index (χ1n) is 6.55. The van der Waals surface area contributed by atoms with Gasteiger partial charge in [0.05, 0.1) is 11.5 Å². The van der Waals surface area contributed by atoms with E-state index in [4.69, 9.17) is 5.73 Å². The van der Waals surface area contributed by atoms with Crippen molar-refractivity contribution >= 4 is 11.9 Å². The number of piperazine rings is 1. The number of fused-ring (bicyclic) bond motifs is 1. The highest BCUT2D eigenvalue weighted by Crippen LogP contribution is 2.25. The van der Waals surface area contributed by atoms with Gasteiger partial charge in [-0.3, -0.25) is 4.79 Å². The summed E-state index contributed by atoms with van der Waals surface area (Å²) in [5, 5.41) is 2.81. The van der Waals surface area contributed by atoms with Crippen LogP contribution in [0.2, 0.25) is 0 Å². The van der Waals surface area contributed by atoms with Crippen LogP contribution in [0.5, 0.6) is 0 Å². The lowest BCUT2D eigenvalue weighted by Gasteiger charge is -2.40. The molecular formula is C12H22N4O2. The van der Waals surface area contributed by atoms with Crippen molar-refractivity contribution in [2.45, 2.75) is 26.3 Å². The number of hydrogen-bond donors (Lipinski definition) is 2. The molecule has 2 aliphatic rings. The molecule has 0 aromatic rings. The molecule has 18 heavy (non-hydrogen) atoms. The molecule has 6 heteroatoms. The van der Waals surface area contributed by atoms with Gasteiger partial charge in [-0.2, -0.15) is 0 Å². The van der Waals surface area contributed by atoms with E-state index in [0.29, 0.717) is 32.7 Å². The molecule has 2 fully saturated rings. The third-order valence-corrected chi connectivity index (χ3v) is 4.27. The molecule has 2 aliphatic heterocycles. The fourth-order valence-electron chi connectivity index (χ4n) is 2.55. The summed E-state index contributed by atoms with van der Waals surface area (Å²) in [5.74, 6) is 0.117. The number of nitrogens with zero attached hydrogens (tertiary/aromatic N) is 2. The molecule has 102 valence electrons. The van der Waals surface area contributed by atoms with Gasteiger partial charge in [0.25, 0.3) is 0 Å². The van der Waals surface area contributed by atoms with Crippen LogP contribution in [0.1, 0.15) is 20.3 Å². The minimum atomic E-state index is -0.474. The van der Waals surface area contributed by atoms with Crippen LogP contribution >= 0.6 is 0 Å². The van der Waals surface area contributed by atoms with E-state index in [1.54, 1.807) is 0 Å². The second-order valence-corrected chi connectivity index (χ2v) is 5.40. The average Bonchev–Trinajstić information content (AvgIpc) is 2.78. The van der Waals surface area contributed by atoms with Gasteiger partial charge in [-0.1, -0.05) is 6.92 Å². The number of amides is 3. The predicted molar refractivity (Wildman–Crippen MR) is 67.9 cm³/mol. The molecule has 2 rings (SSSR count). The number of nitrogens with two attached hydrogens (primary N) is 1. The highest BCUT2D eigenvalue weighted by Gasteiger charge is 2.41. The molecule has 6 nitrogen and oxygen atoms in total. The second kappa shape index (κ2) is 4.76. The fourth-order valence-corrected chi connectivity index (χ4v) is 2.55. The predicted octanol–water partition coefficient (Wildman–Crippen LogP) is -0.403. The van der Waals surface area contributed by atoms with Crippen molar-refractivity contribution < 1.29 is 9.59 Å². The van der Waals surface area contributed by atoms with E-state index in [0.717, 1.165) is 6.42 Å². The van der Waals surface area contributed by atoms with Crippen LogP contribution in [0, 0.1) is 5.41 Å². The fraction of sp³-hybridized carbons (Fsp3) is 0.833. The van der Waals surface area contributed by atoms with Crippen LogP contribution in [0.4, 0.5) is 4.79 Å². The molecule has 3 amide bonds. The van der Waals surface area contributed by atoms with Crippen molar-refractivity contribution in [2.24, 2.45) is 11.1 Å². The summed E-state index contributed by atoms with van der Waals surface area (Å²) in [6, 6.07) is 0.109. The van der Waals surface area contributed by atoms with Gasteiger partial charge >= 0.3 is 6.03 Å². The minimum Gasteiger partial charge on any atom is -0.338 e. The maximum absolute atomic E-state index is 12.5. The summed E-state index contributed by atoms with van der Waals surface area (Å²) in [5.41, 5.74) is 5.26. The topological polar surface area (TPSA) is 78.7 Å². The lowest BCUT2D eigenvalue weighted by Crippen LogP contribution is -2.57. The number of carbonyl (C=O) groups is 2. The Balaban J connectivity index is 2.04. The number of carbonyl (C=O) groups excluding carboxylic acids is 2. The summed E-state index contributed by atoms with van der Waals surface area (Å²) in [7, 11) is 0. The van der Waals surface area contributed by atoms with Crippen molar-refractivity contribution in [3.05, 3.63) is 0 Å². The Morgan fingerprint density at radius 1 is 1.56 bits per heavy atom. The van der Waals surface area contributed by atoms with E-state index in [2.05, 4.69) is 5.32 Å². The Labute approximate surface area is 107 Å². The largest absolute Gasteiger partial charge is 0.338 e. The quantitative estimate of drug-likeness (QED) is 0.719. The summed E-state index contributed by atoms with van der Waals surface area (Å²) in [4.78, 5) is 27.6. The lowest BCUT2D eigenvalue weighted by atomic mass is 9.85. The molecule has 2 saturated heterocycles. The van der Waals surface area contributed by atoms with E-state index in [9.17, 15) is 9.59 Å². The summed E-state index contributed by atoms with van der Waals surface area (Å²) in [6.45, 7) is 6.75. The zero-order valence-electron chi connectivity index (χ0n) is 11.1. The van der Waals surface area contributed by atoms with Gasteiger partial charge < -0.3 is 20.9 Å². The van der Waals surface area contributed by atoms with Crippen molar-refractivity contribution in [1.29, 1.82) is 0 Å².